The van der Waals surface area contributed by atoms with E-state index in [-0.39, 0.29) is 0 Å². The van der Waals surface area contributed by atoms with Crippen LogP contribution in [-0.4, -0.2) is 16.0 Å². The van der Waals surface area contributed by atoms with E-state index in [0.717, 1.165) is 29.1 Å². The number of aryl methyl sites for hydroxylation is 2. The molecule has 0 amide bonds. The van der Waals surface area contributed by atoms with E-state index in [4.69, 9.17) is 4.74 Å². The molecule has 2 heterocycles. The summed E-state index contributed by atoms with van der Waals surface area (Å²) in [5, 5.41) is 3.38. The van der Waals surface area contributed by atoms with Gasteiger partial charge in [-0.15, -0.1) is 0 Å². The van der Waals surface area contributed by atoms with Crippen molar-refractivity contribution < 1.29 is 4.74 Å². The van der Waals surface area contributed by atoms with Gasteiger partial charge in [0.2, 0.25) is 5.88 Å². The fraction of sp³-hybridized carbons (Fsp3) is 0.375. The van der Waals surface area contributed by atoms with E-state index in [0.29, 0.717) is 11.9 Å². The minimum atomic E-state index is 0.462. The topological polar surface area (TPSA) is 47.0 Å². The van der Waals surface area contributed by atoms with Crippen molar-refractivity contribution in [2.24, 2.45) is 0 Å². The molecule has 0 bridgehead atoms. The maximum absolute atomic E-state index is 5.83. The number of rotatable bonds is 5. The maximum Gasteiger partial charge on any atom is 0.222 e. The number of hydrogen-bond acceptors (Lipinski definition) is 4. The third-order valence-electron chi connectivity index (χ3n) is 2.97. The van der Waals surface area contributed by atoms with E-state index in [9.17, 15) is 0 Å². The molecular weight excluding hydrogens is 250 g/mol. The summed E-state index contributed by atoms with van der Waals surface area (Å²) in [5.41, 5.74) is 3.04. The third kappa shape index (κ3) is 3.78. The van der Waals surface area contributed by atoms with E-state index >= 15 is 0 Å². The zero-order chi connectivity index (χ0) is 14.5. The normalized spacial score (nSPS) is 10.8. The quantitative estimate of drug-likeness (QED) is 0.905. The molecule has 4 heteroatoms. The molecule has 0 atom stereocenters. The van der Waals surface area contributed by atoms with Crippen LogP contribution in [0.1, 0.15) is 30.7 Å². The van der Waals surface area contributed by atoms with Crippen LogP contribution in [0.15, 0.2) is 30.6 Å². The smallest absolute Gasteiger partial charge is 0.222 e. The number of aromatic nitrogens is 2. The van der Waals surface area contributed by atoms with Crippen molar-refractivity contribution in [1.82, 2.24) is 15.3 Å². The third-order valence-corrected chi connectivity index (χ3v) is 2.97. The van der Waals surface area contributed by atoms with Crippen LogP contribution in [0.25, 0.3) is 0 Å². The maximum atomic E-state index is 5.83. The van der Waals surface area contributed by atoms with Crippen LogP contribution in [0.2, 0.25) is 0 Å². The van der Waals surface area contributed by atoms with E-state index < -0.39 is 0 Å². The Hall–Kier alpha value is -1.94. The average molecular weight is 271 g/mol. The largest absolute Gasteiger partial charge is 0.437 e. The van der Waals surface area contributed by atoms with E-state index in [1.807, 2.05) is 32.2 Å². The summed E-state index contributed by atoms with van der Waals surface area (Å²) in [6.45, 7) is 9.00. The molecule has 2 rings (SSSR count). The van der Waals surface area contributed by atoms with Crippen LogP contribution in [0, 0.1) is 13.8 Å². The van der Waals surface area contributed by atoms with Crippen LogP contribution in [0.3, 0.4) is 0 Å². The Labute approximate surface area is 120 Å². The summed E-state index contributed by atoms with van der Waals surface area (Å²) < 4.78 is 5.83. The summed E-state index contributed by atoms with van der Waals surface area (Å²) >= 11 is 0. The Morgan fingerprint density at radius 1 is 1.25 bits per heavy atom. The highest BCUT2D eigenvalue weighted by Crippen LogP contribution is 2.24. The molecule has 4 nitrogen and oxygen atoms in total. The lowest BCUT2D eigenvalue weighted by Gasteiger charge is -2.12. The molecule has 106 valence electrons. The fourth-order valence-electron chi connectivity index (χ4n) is 1.83. The van der Waals surface area contributed by atoms with Crippen LogP contribution >= 0.6 is 0 Å². The Kier molecular flexibility index (Phi) is 4.69. The van der Waals surface area contributed by atoms with Crippen LogP contribution in [0.4, 0.5) is 0 Å². The molecule has 0 spiro atoms. The van der Waals surface area contributed by atoms with Crippen molar-refractivity contribution in [1.29, 1.82) is 0 Å². The van der Waals surface area contributed by atoms with Gasteiger partial charge in [0.1, 0.15) is 0 Å². The highest BCUT2D eigenvalue weighted by Gasteiger charge is 2.07. The van der Waals surface area contributed by atoms with Crippen LogP contribution in [-0.2, 0) is 6.54 Å². The van der Waals surface area contributed by atoms with Crippen LogP contribution < -0.4 is 10.1 Å². The first-order valence-electron chi connectivity index (χ1n) is 6.84. The predicted molar refractivity (Wildman–Crippen MR) is 80.0 cm³/mol. The molecule has 0 unspecified atom stereocenters. The summed E-state index contributed by atoms with van der Waals surface area (Å²) in [4.78, 5) is 8.61. The Morgan fingerprint density at radius 3 is 2.70 bits per heavy atom. The molecule has 0 saturated heterocycles. The van der Waals surface area contributed by atoms with Crippen molar-refractivity contribution in [3.8, 4) is 11.6 Å². The number of pyridine rings is 2. The predicted octanol–water partition coefficient (Wildman–Crippen LogP) is 3.38. The van der Waals surface area contributed by atoms with E-state index in [1.54, 1.807) is 6.20 Å². The molecule has 20 heavy (non-hydrogen) atoms. The van der Waals surface area contributed by atoms with Gasteiger partial charge in [-0.3, -0.25) is 4.98 Å². The van der Waals surface area contributed by atoms with E-state index in [1.165, 1.54) is 0 Å². The highest BCUT2D eigenvalue weighted by molar-refractivity contribution is 5.35. The molecule has 2 aromatic heterocycles. The van der Waals surface area contributed by atoms with Gasteiger partial charge in [-0.1, -0.05) is 13.8 Å². The van der Waals surface area contributed by atoms with Gasteiger partial charge in [-0.25, -0.2) is 4.98 Å². The standard InChI is InChI=1S/C16H21N3O/c1-11(2)18-9-14-8-12(3)16(19-10-14)20-15-6-5-7-17-13(15)4/h5-8,10-11,18H,9H2,1-4H3. The zero-order valence-corrected chi connectivity index (χ0v) is 12.5. The molecule has 2 aromatic rings. The van der Waals surface area contributed by atoms with Gasteiger partial charge in [0.05, 0.1) is 5.69 Å². The zero-order valence-electron chi connectivity index (χ0n) is 12.5. The summed E-state index contributed by atoms with van der Waals surface area (Å²) in [7, 11) is 0. The first-order valence-corrected chi connectivity index (χ1v) is 6.84. The molecule has 0 aliphatic carbocycles. The van der Waals surface area contributed by atoms with Gasteiger partial charge in [-0.2, -0.15) is 0 Å². The number of nitrogens with zero attached hydrogens (tertiary/aromatic N) is 2. The minimum Gasteiger partial charge on any atom is -0.437 e. The molecule has 0 saturated carbocycles. The number of hydrogen-bond donors (Lipinski definition) is 1. The second kappa shape index (κ2) is 6.48. The number of nitrogens with one attached hydrogen (secondary N) is 1. The summed E-state index contributed by atoms with van der Waals surface area (Å²) in [5.74, 6) is 1.38. The lowest BCUT2D eigenvalue weighted by molar-refractivity contribution is 0.452. The van der Waals surface area contributed by atoms with Crippen molar-refractivity contribution in [3.63, 3.8) is 0 Å². The molecule has 0 radical (unpaired) electrons. The lowest BCUT2D eigenvalue weighted by atomic mass is 10.2. The van der Waals surface area contributed by atoms with Gasteiger partial charge in [0.25, 0.3) is 0 Å². The van der Waals surface area contributed by atoms with Gasteiger partial charge in [0.15, 0.2) is 5.75 Å². The lowest BCUT2D eigenvalue weighted by Crippen LogP contribution is -2.21. The van der Waals surface area contributed by atoms with Gasteiger partial charge in [-0.05, 0) is 37.6 Å². The minimum absolute atomic E-state index is 0.462. The Balaban J connectivity index is 2.12. The second-order valence-electron chi connectivity index (χ2n) is 5.19. The van der Waals surface area contributed by atoms with Crippen molar-refractivity contribution >= 4 is 0 Å². The average Bonchev–Trinajstić information content (AvgIpc) is 2.41. The molecule has 0 aliphatic rings. The molecule has 0 aliphatic heterocycles. The van der Waals surface area contributed by atoms with E-state index in [2.05, 4.69) is 35.2 Å². The number of ether oxygens (including phenoxy) is 1. The van der Waals surface area contributed by atoms with Crippen molar-refractivity contribution in [2.75, 3.05) is 0 Å². The Morgan fingerprint density at radius 2 is 2.05 bits per heavy atom. The molecule has 1 N–H and O–H groups in total. The fourth-order valence-corrected chi connectivity index (χ4v) is 1.83. The first kappa shape index (κ1) is 14.5. The SMILES string of the molecule is Cc1cc(CNC(C)C)cnc1Oc1cccnc1C. The van der Waals surface area contributed by atoms with Crippen molar-refractivity contribution in [3.05, 3.63) is 47.4 Å². The van der Waals surface area contributed by atoms with Gasteiger partial charge in [0, 0.05) is 30.5 Å². The molecule has 0 fully saturated rings. The Bertz CT molecular complexity index is 582. The van der Waals surface area contributed by atoms with Crippen LogP contribution in [0.5, 0.6) is 11.6 Å². The monoisotopic (exact) mass is 271 g/mol. The summed E-state index contributed by atoms with van der Waals surface area (Å²) in [6, 6.07) is 6.32. The second-order valence-corrected chi connectivity index (χ2v) is 5.19. The van der Waals surface area contributed by atoms with Gasteiger partial charge >= 0.3 is 0 Å². The summed E-state index contributed by atoms with van der Waals surface area (Å²) in [6.07, 6.45) is 3.60. The first-order chi connectivity index (χ1) is 9.56. The van der Waals surface area contributed by atoms with Gasteiger partial charge < -0.3 is 10.1 Å². The van der Waals surface area contributed by atoms with Crippen molar-refractivity contribution in [2.45, 2.75) is 40.3 Å². The highest BCUT2D eigenvalue weighted by atomic mass is 16.5. The molecular formula is C16H21N3O. The molecule has 0 aromatic carbocycles.